The normalized spacial score (nSPS) is 38.3. The standard InChI is InChI=1S/C12H20O3/c1-12-7-6-9(8-10(12)15-12)4-3-5-11(13)14-2/h9-10H,3-8H2,1-2H3. The van der Waals surface area contributed by atoms with Gasteiger partial charge in [-0.2, -0.15) is 0 Å². The molecule has 3 nitrogen and oxygen atoms in total. The van der Waals surface area contributed by atoms with E-state index in [-0.39, 0.29) is 11.6 Å². The van der Waals surface area contributed by atoms with Crippen LogP contribution in [0.4, 0.5) is 0 Å². The summed E-state index contributed by atoms with van der Waals surface area (Å²) in [4.78, 5) is 10.9. The quantitative estimate of drug-likeness (QED) is 0.530. The van der Waals surface area contributed by atoms with Crippen molar-refractivity contribution in [2.24, 2.45) is 5.92 Å². The molecule has 0 spiro atoms. The lowest BCUT2D eigenvalue weighted by Gasteiger charge is -2.21. The molecule has 2 rings (SSSR count). The van der Waals surface area contributed by atoms with Gasteiger partial charge in [0.15, 0.2) is 0 Å². The van der Waals surface area contributed by atoms with Crippen molar-refractivity contribution < 1.29 is 14.3 Å². The molecule has 1 saturated carbocycles. The van der Waals surface area contributed by atoms with Crippen molar-refractivity contribution in [3.05, 3.63) is 0 Å². The first-order valence-electron chi connectivity index (χ1n) is 5.89. The Morgan fingerprint density at radius 2 is 2.40 bits per heavy atom. The molecule has 0 bridgehead atoms. The fourth-order valence-corrected chi connectivity index (χ4v) is 2.62. The molecule has 86 valence electrons. The molecule has 1 aliphatic heterocycles. The second kappa shape index (κ2) is 4.12. The van der Waals surface area contributed by atoms with Crippen LogP contribution in [0.15, 0.2) is 0 Å². The predicted octanol–water partition coefficient (Wildman–Crippen LogP) is 2.29. The number of fused-ring (bicyclic) bond motifs is 1. The molecule has 0 aromatic rings. The number of carbonyl (C=O) groups is 1. The largest absolute Gasteiger partial charge is 0.469 e. The minimum absolute atomic E-state index is 0.0849. The van der Waals surface area contributed by atoms with Crippen LogP contribution in [0.1, 0.15) is 45.4 Å². The first-order chi connectivity index (χ1) is 7.14. The van der Waals surface area contributed by atoms with E-state index in [0.29, 0.717) is 12.5 Å². The third kappa shape index (κ3) is 2.51. The summed E-state index contributed by atoms with van der Waals surface area (Å²) in [5.41, 5.74) is 0.221. The van der Waals surface area contributed by atoms with E-state index < -0.39 is 0 Å². The molecular weight excluding hydrogens is 192 g/mol. The van der Waals surface area contributed by atoms with Gasteiger partial charge in [0.1, 0.15) is 0 Å². The SMILES string of the molecule is COC(=O)CCCC1CCC2(C)OC2C1. The Morgan fingerprint density at radius 3 is 3.07 bits per heavy atom. The maximum atomic E-state index is 10.9. The van der Waals surface area contributed by atoms with E-state index in [1.54, 1.807) is 0 Å². The first kappa shape index (κ1) is 10.9. The van der Waals surface area contributed by atoms with Gasteiger partial charge in [-0.3, -0.25) is 4.79 Å². The van der Waals surface area contributed by atoms with Crippen LogP contribution < -0.4 is 0 Å². The Bertz CT molecular complexity index is 251. The van der Waals surface area contributed by atoms with Gasteiger partial charge in [0.25, 0.3) is 0 Å². The van der Waals surface area contributed by atoms with Gasteiger partial charge >= 0.3 is 5.97 Å². The second-order valence-electron chi connectivity index (χ2n) is 5.03. The van der Waals surface area contributed by atoms with Crippen LogP contribution >= 0.6 is 0 Å². The van der Waals surface area contributed by atoms with Gasteiger partial charge in [0.2, 0.25) is 0 Å². The molecule has 1 aliphatic carbocycles. The summed E-state index contributed by atoms with van der Waals surface area (Å²) in [5.74, 6) is 0.675. The van der Waals surface area contributed by atoms with Gasteiger partial charge in [-0.1, -0.05) is 0 Å². The fraction of sp³-hybridized carbons (Fsp3) is 0.917. The number of ether oxygens (including phenoxy) is 2. The maximum Gasteiger partial charge on any atom is 0.305 e. The number of carbonyl (C=O) groups excluding carboxylic acids is 1. The van der Waals surface area contributed by atoms with Gasteiger partial charge in [0.05, 0.1) is 18.8 Å². The zero-order valence-corrected chi connectivity index (χ0v) is 9.62. The molecule has 3 unspecified atom stereocenters. The maximum absolute atomic E-state index is 10.9. The van der Waals surface area contributed by atoms with Gasteiger partial charge in [-0.15, -0.1) is 0 Å². The highest BCUT2D eigenvalue weighted by Crippen LogP contribution is 2.50. The van der Waals surface area contributed by atoms with Gasteiger partial charge in [0, 0.05) is 6.42 Å². The molecule has 15 heavy (non-hydrogen) atoms. The number of hydrogen-bond acceptors (Lipinski definition) is 3. The number of methoxy groups -OCH3 is 1. The highest BCUT2D eigenvalue weighted by atomic mass is 16.6. The number of esters is 1. The van der Waals surface area contributed by atoms with Crippen molar-refractivity contribution in [1.29, 1.82) is 0 Å². The molecule has 3 heteroatoms. The van der Waals surface area contributed by atoms with Crippen LogP contribution in [0, 0.1) is 5.92 Å². The Morgan fingerprint density at radius 1 is 1.60 bits per heavy atom. The summed E-state index contributed by atoms with van der Waals surface area (Å²) >= 11 is 0. The first-order valence-corrected chi connectivity index (χ1v) is 5.89. The van der Waals surface area contributed by atoms with Crippen LogP contribution in [-0.4, -0.2) is 24.8 Å². The van der Waals surface area contributed by atoms with Crippen LogP contribution in [0.5, 0.6) is 0 Å². The minimum Gasteiger partial charge on any atom is -0.469 e. The average Bonchev–Trinajstić information content (AvgIpc) is 2.89. The second-order valence-corrected chi connectivity index (χ2v) is 5.03. The summed E-state index contributed by atoms with van der Waals surface area (Å²) in [6.45, 7) is 2.21. The Kier molecular flexibility index (Phi) is 3.01. The monoisotopic (exact) mass is 212 g/mol. The topological polar surface area (TPSA) is 38.8 Å². The van der Waals surface area contributed by atoms with Crippen molar-refractivity contribution >= 4 is 5.97 Å². The lowest BCUT2D eigenvalue weighted by atomic mass is 9.81. The summed E-state index contributed by atoms with van der Waals surface area (Å²) in [6, 6.07) is 0. The Labute approximate surface area is 91.1 Å². The molecule has 1 saturated heterocycles. The van der Waals surface area contributed by atoms with Crippen molar-refractivity contribution in [3.8, 4) is 0 Å². The molecule has 0 N–H and O–H groups in total. The summed E-state index contributed by atoms with van der Waals surface area (Å²) in [5, 5.41) is 0. The number of epoxide rings is 1. The molecular formula is C12H20O3. The smallest absolute Gasteiger partial charge is 0.305 e. The van der Waals surface area contributed by atoms with E-state index in [2.05, 4.69) is 11.7 Å². The van der Waals surface area contributed by atoms with Crippen molar-refractivity contribution in [2.75, 3.05) is 7.11 Å². The number of hydrogen-bond donors (Lipinski definition) is 0. The van der Waals surface area contributed by atoms with Crippen molar-refractivity contribution in [3.63, 3.8) is 0 Å². The predicted molar refractivity (Wildman–Crippen MR) is 56.5 cm³/mol. The highest BCUT2D eigenvalue weighted by molar-refractivity contribution is 5.68. The van der Waals surface area contributed by atoms with Crippen LogP contribution in [-0.2, 0) is 14.3 Å². The van der Waals surface area contributed by atoms with Gasteiger partial charge < -0.3 is 9.47 Å². The van der Waals surface area contributed by atoms with Crippen LogP contribution in [0.25, 0.3) is 0 Å². The van der Waals surface area contributed by atoms with Gasteiger partial charge in [-0.25, -0.2) is 0 Å². The van der Waals surface area contributed by atoms with Crippen LogP contribution in [0.2, 0.25) is 0 Å². The molecule has 0 aromatic carbocycles. The van der Waals surface area contributed by atoms with E-state index in [4.69, 9.17) is 4.74 Å². The molecule has 1 heterocycles. The Hall–Kier alpha value is -0.570. The average molecular weight is 212 g/mol. The zero-order valence-electron chi connectivity index (χ0n) is 9.62. The molecule has 0 amide bonds. The van der Waals surface area contributed by atoms with E-state index in [9.17, 15) is 4.79 Å². The van der Waals surface area contributed by atoms with Crippen molar-refractivity contribution in [2.45, 2.75) is 57.2 Å². The van der Waals surface area contributed by atoms with Crippen molar-refractivity contribution in [1.82, 2.24) is 0 Å². The lowest BCUT2D eigenvalue weighted by Crippen LogP contribution is -2.21. The highest BCUT2D eigenvalue weighted by Gasteiger charge is 2.54. The van der Waals surface area contributed by atoms with Gasteiger partial charge in [-0.05, 0) is 44.9 Å². The molecule has 2 aliphatic rings. The van der Waals surface area contributed by atoms with E-state index >= 15 is 0 Å². The zero-order chi connectivity index (χ0) is 10.9. The van der Waals surface area contributed by atoms with Crippen LogP contribution in [0.3, 0.4) is 0 Å². The van der Waals surface area contributed by atoms with E-state index in [0.717, 1.165) is 18.8 Å². The molecule has 0 aromatic heterocycles. The number of rotatable bonds is 4. The molecule has 2 fully saturated rings. The molecule has 3 atom stereocenters. The Balaban J connectivity index is 1.62. The fourth-order valence-electron chi connectivity index (χ4n) is 2.62. The lowest BCUT2D eigenvalue weighted by molar-refractivity contribution is -0.140. The minimum atomic E-state index is -0.0849. The summed E-state index contributed by atoms with van der Waals surface area (Å²) in [6.07, 6.45) is 6.82. The third-order valence-corrected chi connectivity index (χ3v) is 3.85. The summed E-state index contributed by atoms with van der Waals surface area (Å²) in [7, 11) is 1.45. The third-order valence-electron chi connectivity index (χ3n) is 3.85. The van der Waals surface area contributed by atoms with E-state index in [1.165, 1.54) is 26.4 Å². The van der Waals surface area contributed by atoms with E-state index in [1.807, 2.05) is 0 Å². The summed E-state index contributed by atoms with van der Waals surface area (Å²) < 4.78 is 10.3. The molecule has 0 radical (unpaired) electrons.